The quantitative estimate of drug-likeness (QED) is 0.749. The number of likely N-dealkylation sites (N-methyl/N-ethyl adjacent to an activating group) is 1. The van der Waals surface area contributed by atoms with Gasteiger partial charge in [0.25, 0.3) is 0 Å². The Morgan fingerprint density at radius 3 is 2.52 bits per heavy atom. The number of benzene rings is 1. The Kier molecular flexibility index (Phi) is 5.26. The van der Waals surface area contributed by atoms with Gasteiger partial charge in [-0.15, -0.1) is 0 Å². The molecule has 0 saturated carbocycles. The van der Waals surface area contributed by atoms with Gasteiger partial charge in [0.15, 0.2) is 11.5 Å². The zero-order valence-electron chi connectivity index (χ0n) is 17.3. The van der Waals surface area contributed by atoms with E-state index in [1.165, 1.54) is 5.56 Å². The molecular formula is C22H31NO4. The summed E-state index contributed by atoms with van der Waals surface area (Å²) in [6.45, 7) is 6.67. The van der Waals surface area contributed by atoms with E-state index >= 15 is 0 Å². The number of fused-ring (bicyclic) bond motifs is 1. The summed E-state index contributed by atoms with van der Waals surface area (Å²) in [5, 5.41) is 0. The molecule has 1 aromatic rings. The number of likely N-dealkylation sites (tertiary alicyclic amines) is 1. The van der Waals surface area contributed by atoms with E-state index in [0.717, 1.165) is 43.1 Å². The van der Waals surface area contributed by atoms with Crippen LogP contribution in [-0.4, -0.2) is 44.7 Å². The summed E-state index contributed by atoms with van der Waals surface area (Å²) in [6.07, 6.45) is 4.77. The van der Waals surface area contributed by atoms with Crippen LogP contribution in [0.5, 0.6) is 11.5 Å². The van der Waals surface area contributed by atoms with E-state index in [1.54, 1.807) is 14.2 Å². The fourth-order valence-electron chi connectivity index (χ4n) is 4.24. The first-order chi connectivity index (χ1) is 12.7. The third-order valence-electron chi connectivity index (χ3n) is 5.96. The first-order valence-electron chi connectivity index (χ1n) is 9.55. The van der Waals surface area contributed by atoms with E-state index in [4.69, 9.17) is 14.2 Å². The molecule has 1 aliphatic heterocycles. The van der Waals surface area contributed by atoms with Crippen molar-refractivity contribution in [3.05, 3.63) is 35.6 Å². The van der Waals surface area contributed by atoms with Gasteiger partial charge in [0, 0.05) is 17.9 Å². The number of ether oxygens (including phenoxy) is 3. The second-order valence-electron chi connectivity index (χ2n) is 8.69. The third-order valence-corrected chi connectivity index (χ3v) is 5.96. The minimum Gasteiger partial charge on any atom is -0.493 e. The van der Waals surface area contributed by atoms with Crippen molar-refractivity contribution < 1.29 is 19.0 Å². The van der Waals surface area contributed by atoms with Crippen LogP contribution >= 0.6 is 0 Å². The Morgan fingerprint density at radius 2 is 1.89 bits per heavy atom. The summed E-state index contributed by atoms with van der Waals surface area (Å²) in [5.74, 6) is 2.12. The second-order valence-corrected chi connectivity index (χ2v) is 8.69. The maximum absolute atomic E-state index is 12.3. The van der Waals surface area contributed by atoms with Gasteiger partial charge in [0.05, 0.1) is 19.6 Å². The van der Waals surface area contributed by atoms with Crippen LogP contribution in [0, 0.1) is 5.41 Å². The first-order valence-corrected chi connectivity index (χ1v) is 9.55. The molecule has 0 bridgehead atoms. The average Bonchev–Trinajstić information content (AvgIpc) is 2.98. The molecule has 2 atom stereocenters. The molecule has 1 aromatic carbocycles. The van der Waals surface area contributed by atoms with Crippen LogP contribution < -0.4 is 9.47 Å². The summed E-state index contributed by atoms with van der Waals surface area (Å²) in [5.41, 5.74) is 0.763. The van der Waals surface area contributed by atoms with Crippen LogP contribution in [0.4, 0.5) is 0 Å². The van der Waals surface area contributed by atoms with Gasteiger partial charge in [-0.1, -0.05) is 6.07 Å². The number of carbonyl (C=O) groups excluding carboxylic acids is 1. The maximum atomic E-state index is 12.3. The normalized spacial score (nSPS) is 25.6. The summed E-state index contributed by atoms with van der Waals surface area (Å²) < 4.78 is 16.6. The zero-order valence-corrected chi connectivity index (χ0v) is 17.3. The van der Waals surface area contributed by atoms with Gasteiger partial charge in [0.2, 0.25) is 0 Å². The number of allylic oxidation sites excluding steroid dienone is 1. The molecule has 0 amide bonds. The fraction of sp³-hybridized carbons (Fsp3) is 0.591. The number of rotatable bonds is 4. The van der Waals surface area contributed by atoms with E-state index in [0.29, 0.717) is 6.04 Å². The van der Waals surface area contributed by atoms with E-state index < -0.39 is 5.41 Å². The number of hydrogen-bond acceptors (Lipinski definition) is 5. The van der Waals surface area contributed by atoms with Gasteiger partial charge >= 0.3 is 5.97 Å². The molecular weight excluding hydrogens is 342 g/mol. The number of nitrogens with zero attached hydrogens (tertiary/aromatic N) is 1. The van der Waals surface area contributed by atoms with Crippen LogP contribution in [0.1, 0.15) is 45.6 Å². The van der Waals surface area contributed by atoms with Crippen LogP contribution in [0.25, 0.3) is 0 Å². The monoisotopic (exact) mass is 373 g/mol. The molecule has 1 fully saturated rings. The topological polar surface area (TPSA) is 48.0 Å². The Hall–Kier alpha value is -2.01. The van der Waals surface area contributed by atoms with Crippen molar-refractivity contribution in [1.82, 2.24) is 4.90 Å². The molecule has 27 heavy (non-hydrogen) atoms. The van der Waals surface area contributed by atoms with Crippen LogP contribution in [0.2, 0.25) is 0 Å². The summed E-state index contributed by atoms with van der Waals surface area (Å²) in [4.78, 5) is 14.7. The number of carbonyl (C=O) groups is 1. The largest absolute Gasteiger partial charge is 0.493 e. The Morgan fingerprint density at radius 1 is 1.19 bits per heavy atom. The molecule has 1 saturated heterocycles. The number of methoxy groups -OCH3 is 2. The van der Waals surface area contributed by atoms with Crippen LogP contribution in [0.3, 0.4) is 0 Å². The van der Waals surface area contributed by atoms with Gasteiger partial charge in [-0.05, 0) is 71.0 Å². The molecule has 1 aliphatic carbocycles. The zero-order chi connectivity index (χ0) is 19.8. The molecule has 0 radical (unpaired) electrons. The van der Waals surface area contributed by atoms with Crippen molar-refractivity contribution in [3.63, 3.8) is 0 Å². The second kappa shape index (κ2) is 7.19. The van der Waals surface area contributed by atoms with Gasteiger partial charge < -0.3 is 19.1 Å². The van der Waals surface area contributed by atoms with Crippen molar-refractivity contribution in [1.29, 1.82) is 0 Å². The lowest BCUT2D eigenvalue weighted by molar-refractivity contribution is -0.149. The summed E-state index contributed by atoms with van der Waals surface area (Å²) >= 11 is 0. The minimum atomic E-state index is -0.500. The van der Waals surface area contributed by atoms with Gasteiger partial charge in [-0.3, -0.25) is 4.79 Å². The van der Waals surface area contributed by atoms with Gasteiger partial charge in [0.1, 0.15) is 5.76 Å². The lowest BCUT2D eigenvalue weighted by Gasteiger charge is -2.41. The molecule has 2 aliphatic rings. The lowest BCUT2D eigenvalue weighted by Crippen LogP contribution is -2.43. The smallest absolute Gasteiger partial charge is 0.316 e. The molecule has 1 heterocycles. The SMILES string of the molecule is COc1ccc([C@@]23CC=C(OC(=O)C(C)(C)C)C[C@@H]2N(C)CC3)cc1OC. The number of esters is 1. The molecule has 0 aromatic heterocycles. The predicted molar refractivity (Wildman–Crippen MR) is 105 cm³/mol. The predicted octanol–water partition coefficient (Wildman–Crippen LogP) is 3.91. The van der Waals surface area contributed by atoms with Crippen LogP contribution in [-0.2, 0) is 14.9 Å². The highest BCUT2D eigenvalue weighted by Crippen LogP contribution is 2.49. The lowest BCUT2D eigenvalue weighted by atomic mass is 9.68. The van der Waals surface area contributed by atoms with Gasteiger partial charge in [-0.25, -0.2) is 0 Å². The van der Waals surface area contributed by atoms with Crippen molar-refractivity contribution in [2.75, 3.05) is 27.8 Å². The van der Waals surface area contributed by atoms with Crippen molar-refractivity contribution in [2.45, 2.75) is 51.5 Å². The van der Waals surface area contributed by atoms with Crippen molar-refractivity contribution in [3.8, 4) is 11.5 Å². The standard InChI is InChI=1S/C22H31NO4/c1-21(2,3)20(24)27-16-9-10-22(11-12-23(4)19(22)14-16)15-7-8-17(25-5)18(13-15)26-6/h7-9,13,19H,10-12,14H2,1-6H3/t19-,22-/m0/s1. The molecule has 0 N–H and O–H groups in total. The average molecular weight is 373 g/mol. The highest BCUT2D eigenvalue weighted by Gasteiger charge is 2.49. The van der Waals surface area contributed by atoms with E-state index in [2.05, 4.69) is 30.2 Å². The van der Waals surface area contributed by atoms with Gasteiger partial charge in [-0.2, -0.15) is 0 Å². The first kappa shape index (κ1) is 19.7. The highest BCUT2D eigenvalue weighted by atomic mass is 16.5. The summed E-state index contributed by atoms with van der Waals surface area (Å²) in [7, 11) is 5.48. The minimum absolute atomic E-state index is 0.00589. The molecule has 5 nitrogen and oxygen atoms in total. The molecule has 3 rings (SSSR count). The van der Waals surface area contributed by atoms with Crippen molar-refractivity contribution in [2.24, 2.45) is 5.41 Å². The Balaban J connectivity index is 1.92. The van der Waals surface area contributed by atoms with E-state index in [1.807, 2.05) is 26.8 Å². The van der Waals surface area contributed by atoms with Crippen molar-refractivity contribution >= 4 is 5.97 Å². The maximum Gasteiger partial charge on any atom is 0.316 e. The Bertz CT molecular complexity index is 749. The highest BCUT2D eigenvalue weighted by molar-refractivity contribution is 5.76. The summed E-state index contributed by atoms with van der Waals surface area (Å²) in [6, 6.07) is 6.53. The molecule has 5 heteroatoms. The Labute approximate surface area is 162 Å². The molecule has 148 valence electrons. The van der Waals surface area contributed by atoms with Crippen LogP contribution in [0.15, 0.2) is 30.0 Å². The third kappa shape index (κ3) is 3.57. The van der Waals surface area contributed by atoms with E-state index in [9.17, 15) is 4.79 Å². The molecule has 0 spiro atoms. The fourth-order valence-corrected chi connectivity index (χ4v) is 4.24. The molecule has 0 unspecified atom stereocenters. The number of hydrogen-bond donors (Lipinski definition) is 0. The van der Waals surface area contributed by atoms with E-state index in [-0.39, 0.29) is 11.4 Å².